The SMILES string of the molecule is NC(=O)CCN(NC(=O)C(CC1CCCCC1)NC(=O)OCc1ccccc1)C(=O)[C@@H](F)Cl. The summed E-state index contributed by atoms with van der Waals surface area (Å²) in [7, 11) is 0. The number of hydrogen-bond acceptors (Lipinski definition) is 5. The second-order valence-corrected chi connectivity index (χ2v) is 8.36. The maximum atomic E-state index is 13.4. The molecule has 2 atom stereocenters. The van der Waals surface area contributed by atoms with Gasteiger partial charge >= 0.3 is 6.09 Å². The van der Waals surface area contributed by atoms with Crippen LogP contribution in [0.15, 0.2) is 30.3 Å². The number of primary amides is 1. The molecule has 1 aliphatic rings. The summed E-state index contributed by atoms with van der Waals surface area (Å²) < 4.78 is 18.6. The summed E-state index contributed by atoms with van der Waals surface area (Å²) in [4.78, 5) is 48.4. The van der Waals surface area contributed by atoms with E-state index in [2.05, 4.69) is 10.7 Å². The molecule has 4 amide bonds. The highest BCUT2D eigenvalue weighted by atomic mass is 35.5. The number of carbonyl (C=O) groups excluding carboxylic acids is 4. The van der Waals surface area contributed by atoms with E-state index in [1.54, 1.807) is 12.1 Å². The lowest BCUT2D eigenvalue weighted by molar-refractivity contribution is -0.144. The van der Waals surface area contributed by atoms with Crippen LogP contribution in [0.3, 0.4) is 0 Å². The van der Waals surface area contributed by atoms with Crippen LogP contribution >= 0.6 is 11.6 Å². The van der Waals surface area contributed by atoms with Crippen molar-refractivity contribution in [3.8, 4) is 0 Å². The fourth-order valence-electron chi connectivity index (χ4n) is 3.67. The first-order valence-corrected chi connectivity index (χ1v) is 11.4. The van der Waals surface area contributed by atoms with Crippen molar-refractivity contribution in [1.29, 1.82) is 0 Å². The molecule has 0 saturated heterocycles. The Bertz CT molecular complexity index is 805. The van der Waals surface area contributed by atoms with Crippen LogP contribution in [0.1, 0.15) is 50.5 Å². The summed E-state index contributed by atoms with van der Waals surface area (Å²) in [5.74, 6) is -2.53. The Morgan fingerprint density at radius 2 is 1.82 bits per heavy atom. The highest BCUT2D eigenvalue weighted by Crippen LogP contribution is 2.27. The van der Waals surface area contributed by atoms with Crippen LogP contribution in [0.25, 0.3) is 0 Å². The van der Waals surface area contributed by atoms with Gasteiger partial charge in [0.15, 0.2) is 0 Å². The van der Waals surface area contributed by atoms with Gasteiger partial charge in [-0.25, -0.2) is 14.2 Å². The fourth-order valence-corrected chi connectivity index (χ4v) is 3.78. The lowest BCUT2D eigenvalue weighted by Gasteiger charge is -2.29. The van der Waals surface area contributed by atoms with E-state index in [1.165, 1.54) is 0 Å². The van der Waals surface area contributed by atoms with Crippen molar-refractivity contribution in [2.75, 3.05) is 6.54 Å². The van der Waals surface area contributed by atoms with Crippen molar-refractivity contribution < 1.29 is 28.3 Å². The monoisotopic (exact) mass is 484 g/mol. The highest BCUT2D eigenvalue weighted by molar-refractivity contribution is 6.29. The van der Waals surface area contributed by atoms with E-state index in [1.807, 2.05) is 18.2 Å². The molecule has 9 nitrogen and oxygen atoms in total. The van der Waals surface area contributed by atoms with Gasteiger partial charge in [0.2, 0.25) is 5.91 Å². The van der Waals surface area contributed by atoms with E-state index in [4.69, 9.17) is 22.1 Å². The first kappa shape index (κ1) is 26.4. The van der Waals surface area contributed by atoms with Gasteiger partial charge in [0.05, 0.1) is 6.54 Å². The molecule has 182 valence electrons. The van der Waals surface area contributed by atoms with Gasteiger partial charge in [-0.1, -0.05) is 74.0 Å². The summed E-state index contributed by atoms with van der Waals surface area (Å²) in [5.41, 5.74) is 5.71. The Kier molecular flexibility index (Phi) is 10.9. The quantitative estimate of drug-likeness (QED) is 0.347. The Labute approximate surface area is 197 Å². The van der Waals surface area contributed by atoms with Crippen LogP contribution in [0.5, 0.6) is 0 Å². The molecular formula is C22H30ClFN4O5. The average molecular weight is 485 g/mol. The second-order valence-electron chi connectivity index (χ2n) is 7.98. The molecule has 0 spiro atoms. The molecule has 0 aliphatic heterocycles. The zero-order valence-electron chi connectivity index (χ0n) is 18.3. The third kappa shape index (κ3) is 9.65. The summed E-state index contributed by atoms with van der Waals surface area (Å²) in [6.45, 7) is -0.342. The highest BCUT2D eigenvalue weighted by Gasteiger charge is 2.30. The van der Waals surface area contributed by atoms with E-state index in [9.17, 15) is 23.6 Å². The fraction of sp³-hybridized carbons (Fsp3) is 0.545. The molecule has 11 heteroatoms. The van der Waals surface area contributed by atoms with Gasteiger partial charge in [0, 0.05) is 6.42 Å². The smallest absolute Gasteiger partial charge is 0.408 e. The number of benzene rings is 1. The molecule has 0 heterocycles. The van der Waals surface area contributed by atoms with Gasteiger partial charge in [-0.2, -0.15) is 0 Å². The number of hydrazine groups is 1. The minimum Gasteiger partial charge on any atom is -0.445 e. The van der Waals surface area contributed by atoms with Crippen LogP contribution in [0.4, 0.5) is 9.18 Å². The van der Waals surface area contributed by atoms with Gasteiger partial charge in [-0.15, -0.1) is 0 Å². The number of carbonyl (C=O) groups is 4. The predicted molar refractivity (Wildman–Crippen MR) is 119 cm³/mol. The number of alkyl halides is 2. The lowest BCUT2D eigenvalue weighted by Crippen LogP contribution is -2.56. The molecule has 0 bridgehead atoms. The van der Waals surface area contributed by atoms with Crippen LogP contribution in [0, 0.1) is 5.92 Å². The molecular weight excluding hydrogens is 455 g/mol. The van der Waals surface area contributed by atoms with Crippen LogP contribution < -0.4 is 16.5 Å². The molecule has 2 rings (SSSR count). The number of nitrogens with zero attached hydrogens (tertiary/aromatic N) is 1. The number of nitrogens with one attached hydrogen (secondary N) is 2. The van der Waals surface area contributed by atoms with Crippen LogP contribution in [0.2, 0.25) is 0 Å². The third-order valence-corrected chi connectivity index (χ3v) is 5.58. The molecule has 1 aromatic rings. The number of nitrogens with two attached hydrogens (primary N) is 1. The van der Waals surface area contributed by atoms with Crippen molar-refractivity contribution in [2.45, 2.75) is 63.2 Å². The molecule has 1 unspecified atom stereocenters. The molecule has 4 N–H and O–H groups in total. The first-order chi connectivity index (χ1) is 15.8. The van der Waals surface area contributed by atoms with Crippen molar-refractivity contribution in [1.82, 2.24) is 15.8 Å². The predicted octanol–water partition coefficient (Wildman–Crippen LogP) is 2.52. The molecule has 1 aromatic carbocycles. The van der Waals surface area contributed by atoms with Gasteiger partial charge in [-0.3, -0.25) is 19.8 Å². The Balaban J connectivity index is 2.05. The second kappa shape index (κ2) is 13.6. The molecule has 0 radical (unpaired) electrons. The summed E-state index contributed by atoms with van der Waals surface area (Å²) >= 11 is 5.23. The van der Waals surface area contributed by atoms with Crippen molar-refractivity contribution in [3.05, 3.63) is 35.9 Å². The minimum absolute atomic E-state index is 0.0173. The topological polar surface area (TPSA) is 131 Å². The molecule has 1 saturated carbocycles. The van der Waals surface area contributed by atoms with Gasteiger partial charge < -0.3 is 15.8 Å². The Hall–Kier alpha value is -2.88. The van der Waals surface area contributed by atoms with Gasteiger partial charge in [0.25, 0.3) is 17.4 Å². The summed E-state index contributed by atoms with van der Waals surface area (Å²) in [6, 6.07) is 8.00. The van der Waals surface area contributed by atoms with Crippen molar-refractivity contribution >= 4 is 35.4 Å². The molecule has 1 fully saturated rings. The Morgan fingerprint density at radius 3 is 2.42 bits per heavy atom. The lowest BCUT2D eigenvalue weighted by atomic mass is 9.84. The van der Waals surface area contributed by atoms with Gasteiger partial charge in [0.1, 0.15) is 12.6 Å². The summed E-state index contributed by atoms with van der Waals surface area (Å²) in [6.07, 6.45) is 4.19. The average Bonchev–Trinajstić information content (AvgIpc) is 2.80. The number of rotatable bonds is 10. The van der Waals surface area contributed by atoms with E-state index in [0.29, 0.717) is 11.4 Å². The van der Waals surface area contributed by atoms with E-state index in [0.717, 1.165) is 37.7 Å². The van der Waals surface area contributed by atoms with Crippen molar-refractivity contribution in [2.24, 2.45) is 11.7 Å². The largest absolute Gasteiger partial charge is 0.445 e. The zero-order valence-corrected chi connectivity index (χ0v) is 19.1. The maximum Gasteiger partial charge on any atom is 0.408 e. The molecule has 33 heavy (non-hydrogen) atoms. The Morgan fingerprint density at radius 1 is 1.15 bits per heavy atom. The number of ether oxygens (including phenoxy) is 1. The van der Waals surface area contributed by atoms with Crippen LogP contribution in [-0.4, -0.2) is 47.0 Å². The number of amides is 4. The number of alkyl carbamates (subject to hydrolysis) is 1. The van der Waals surface area contributed by atoms with Crippen LogP contribution in [-0.2, 0) is 25.7 Å². The standard InChI is InChI=1S/C22H30ClFN4O5/c23-19(24)21(31)28(12-11-18(25)29)27-20(30)17(13-15-7-3-1-4-8-15)26-22(32)33-14-16-9-5-2-6-10-16/h2,5-6,9-10,15,17,19H,1,3-4,7-8,11-14H2,(H2,25,29)(H,26,32)(H,27,30)/t17?,19-/m1/s1. The first-order valence-electron chi connectivity index (χ1n) is 10.9. The van der Waals surface area contributed by atoms with E-state index >= 15 is 0 Å². The molecule has 1 aliphatic carbocycles. The van der Waals surface area contributed by atoms with Crippen molar-refractivity contribution in [3.63, 3.8) is 0 Å². The maximum absolute atomic E-state index is 13.4. The normalized spacial score (nSPS) is 15.7. The number of hydrogen-bond donors (Lipinski definition) is 3. The summed E-state index contributed by atoms with van der Waals surface area (Å²) in [5, 5.41) is 3.15. The van der Waals surface area contributed by atoms with E-state index < -0.39 is 35.5 Å². The minimum atomic E-state index is -2.42. The van der Waals surface area contributed by atoms with Gasteiger partial charge in [-0.05, 0) is 17.9 Å². The number of halogens is 2. The third-order valence-electron chi connectivity index (χ3n) is 5.39. The molecule has 0 aromatic heterocycles. The van der Waals surface area contributed by atoms with E-state index in [-0.39, 0.29) is 25.5 Å². The zero-order chi connectivity index (χ0) is 24.2.